The summed E-state index contributed by atoms with van der Waals surface area (Å²) in [6.07, 6.45) is 4.02. The first-order chi connectivity index (χ1) is 5.55. The van der Waals surface area contributed by atoms with Gasteiger partial charge in [0.25, 0.3) is 0 Å². The van der Waals surface area contributed by atoms with Gasteiger partial charge in [-0.3, -0.25) is 0 Å². The molecular formula is C10H22N2. The topological polar surface area (TPSA) is 29.3 Å². The van der Waals surface area contributed by atoms with Gasteiger partial charge in [0.15, 0.2) is 0 Å². The summed E-state index contributed by atoms with van der Waals surface area (Å²) in [5.74, 6) is 0. The maximum absolute atomic E-state index is 5.67. The lowest BCUT2D eigenvalue weighted by Crippen LogP contribution is -2.30. The normalized spacial score (nSPS) is 18.8. The van der Waals surface area contributed by atoms with Gasteiger partial charge >= 0.3 is 0 Å². The summed E-state index contributed by atoms with van der Waals surface area (Å²) in [7, 11) is 2.23. The third-order valence-electron chi connectivity index (χ3n) is 2.86. The Bertz CT molecular complexity index is 139. The van der Waals surface area contributed by atoms with Gasteiger partial charge in [0.05, 0.1) is 0 Å². The smallest absolute Gasteiger partial charge is 0.00933 e. The molecule has 1 rings (SSSR count). The molecule has 0 bridgehead atoms. The predicted octanol–water partition coefficient (Wildman–Crippen LogP) is 1.46. The molecule has 0 saturated heterocycles. The molecule has 1 aliphatic rings. The summed E-state index contributed by atoms with van der Waals surface area (Å²) < 4.78 is 0. The highest BCUT2D eigenvalue weighted by Crippen LogP contribution is 2.27. The molecule has 0 unspecified atom stereocenters. The van der Waals surface area contributed by atoms with Crippen LogP contribution in [0.1, 0.15) is 33.1 Å². The number of hydrogen-bond donors (Lipinski definition) is 1. The van der Waals surface area contributed by atoms with Crippen LogP contribution < -0.4 is 5.73 Å². The van der Waals surface area contributed by atoms with Crippen molar-refractivity contribution in [2.45, 2.75) is 39.2 Å². The second kappa shape index (κ2) is 3.75. The summed E-state index contributed by atoms with van der Waals surface area (Å²) in [6, 6.07) is 0.888. The van der Waals surface area contributed by atoms with Gasteiger partial charge in [0.2, 0.25) is 0 Å². The van der Waals surface area contributed by atoms with E-state index in [0.717, 1.165) is 12.6 Å². The molecular weight excluding hydrogens is 148 g/mol. The number of hydrogen-bond acceptors (Lipinski definition) is 2. The lowest BCUT2D eigenvalue weighted by Gasteiger charge is -2.25. The molecule has 12 heavy (non-hydrogen) atoms. The Hall–Kier alpha value is -0.0800. The van der Waals surface area contributed by atoms with Crippen molar-refractivity contribution in [2.75, 3.05) is 20.1 Å². The third kappa shape index (κ3) is 3.11. The summed E-state index contributed by atoms with van der Waals surface area (Å²) in [4.78, 5) is 2.47. The molecule has 1 saturated carbocycles. The minimum atomic E-state index is 0.323. The maximum atomic E-state index is 5.67. The lowest BCUT2D eigenvalue weighted by molar-refractivity contribution is 0.248. The highest BCUT2D eigenvalue weighted by molar-refractivity contribution is 4.83. The van der Waals surface area contributed by atoms with Crippen molar-refractivity contribution in [1.82, 2.24) is 4.90 Å². The second-order valence-electron chi connectivity index (χ2n) is 4.83. The zero-order valence-electron chi connectivity index (χ0n) is 8.64. The third-order valence-corrected chi connectivity index (χ3v) is 2.86. The highest BCUT2D eigenvalue weighted by atomic mass is 15.1. The van der Waals surface area contributed by atoms with Crippen molar-refractivity contribution >= 4 is 0 Å². The Morgan fingerprint density at radius 2 is 2.00 bits per heavy atom. The van der Waals surface area contributed by atoms with Crippen LogP contribution >= 0.6 is 0 Å². The lowest BCUT2D eigenvalue weighted by atomic mass is 9.89. The standard InChI is InChI=1S/C10H22N2/c1-10(2,8-11)6-7-12(3)9-4-5-9/h9H,4-8,11H2,1-3H3. The average Bonchev–Trinajstić information content (AvgIpc) is 2.83. The Morgan fingerprint density at radius 1 is 1.42 bits per heavy atom. The Kier molecular flexibility index (Phi) is 3.13. The molecule has 2 nitrogen and oxygen atoms in total. The van der Waals surface area contributed by atoms with Crippen molar-refractivity contribution in [1.29, 1.82) is 0 Å². The second-order valence-corrected chi connectivity index (χ2v) is 4.83. The molecule has 0 aromatic carbocycles. The zero-order valence-corrected chi connectivity index (χ0v) is 8.64. The van der Waals surface area contributed by atoms with E-state index >= 15 is 0 Å². The predicted molar refractivity (Wildman–Crippen MR) is 53.1 cm³/mol. The molecule has 72 valence electrons. The molecule has 0 amide bonds. The summed E-state index contributed by atoms with van der Waals surface area (Å²) in [6.45, 7) is 6.49. The van der Waals surface area contributed by atoms with Crippen LogP contribution in [0, 0.1) is 5.41 Å². The zero-order chi connectivity index (χ0) is 9.19. The maximum Gasteiger partial charge on any atom is 0.00933 e. The van der Waals surface area contributed by atoms with Gasteiger partial charge in [0.1, 0.15) is 0 Å². The molecule has 2 heteroatoms. The SMILES string of the molecule is CN(CCC(C)(C)CN)C1CC1. The van der Waals surface area contributed by atoms with Crippen molar-refractivity contribution in [3.63, 3.8) is 0 Å². The first-order valence-electron chi connectivity index (χ1n) is 4.95. The molecule has 1 aliphatic carbocycles. The average molecular weight is 170 g/mol. The van der Waals surface area contributed by atoms with Gasteiger partial charge in [-0.1, -0.05) is 13.8 Å². The monoisotopic (exact) mass is 170 g/mol. The summed E-state index contributed by atoms with van der Waals surface area (Å²) in [5, 5.41) is 0. The van der Waals surface area contributed by atoms with E-state index in [1.54, 1.807) is 0 Å². The first-order valence-corrected chi connectivity index (χ1v) is 4.95. The van der Waals surface area contributed by atoms with E-state index in [9.17, 15) is 0 Å². The molecule has 0 aromatic heterocycles. The van der Waals surface area contributed by atoms with E-state index in [2.05, 4.69) is 25.8 Å². The number of nitrogens with zero attached hydrogens (tertiary/aromatic N) is 1. The molecule has 1 fully saturated rings. The first kappa shape index (κ1) is 10.0. The largest absolute Gasteiger partial charge is 0.330 e. The fourth-order valence-corrected chi connectivity index (χ4v) is 1.28. The van der Waals surface area contributed by atoms with Crippen molar-refractivity contribution in [2.24, 2.45) is 11.1 Å². The van der Waals surface area contributed by atoms with Gasteiger partial charge in [-0.15, -0.1) is 0 Å². The van der Waals surface area contributed by atoms with Gasteiger partial charge < -0.3 is 10.6 Å². The van der Waals surface area contributed by atoms with E-state index in [-0.39, 0.29) is 0 Å². The Balaban J connectivity index is 2.14. The summed E-state index contributed by atoms with van der Waals surface area (Å²) in [5.41, 5.74) is 5.99. The van der Waals surface area contributed by atoms with Gasteiger partial charge in [-0.05, 0) is 44.8 Å². The van der Waals surface area contributed by atoms with E-state index in [4.69, 9.17) is 5.73 Å². The van der Waals surface area contributed by atoms with Crippen LogP contribution in [-0.4, -0.2) is 31.1 Å². The fourth-order valence-electron chi connectivity index (χ4n) is 1.28. The molecule has 0 radical (unpaired) electrons. The van der Waals surface area contributed by atoms with Crippen LogP contribution in [-0.2, 0) is 0 Å². The molecule has 0 atom stereocenters. The Morgan fingerprint density at radius 3 is 2.42 bits per heavy atom. The number of rotatable bonds is 5. The minimum absolute atomic E-state index is 0.323. The molecule has 0 heterocycles. The van der Waals surface area contributed by atoms with Crippen LogP contribution in [0.3, 0.4) is 0 Å². The van der Waals surface area contributed by atoms with E-state index < -0.39 is 0 Å². The van der Waals surface area contributed by atoms with Crippen LogP contribution in [0.15, 0.2) is 0 Å². The van der Waals surface area contributed by atoms with Crippen molar-refractivity contribution < 1.29 is 0 Å². The minimum Gasteiger partial charge on any atom is -0.330 e. The molecule has 2 N–H and O–H groups in total. The fraction of sp³-hybridized carbons (Fsp3) is 1.00. The summed E-state index contributed by atoms with van der Waals surface area (Å²) >= 11 is 0. The van der Waals surface area contributed by atoms with Crippen molar-refractivity contribution in [3.8, 4) is 0 Å². The molecule has 0 aromatic rings. The van der Waals surface area contributed by atoms with E-state index in [1.165, 1.54) is 25.8 Å². The molecule has 0 aliphatic heterocycles. The highest BCUT2D eigenvalue weighted by Gasteiger charge is 2.27. The van der Waals surface area contributed by atoms with Gasteiger partial charge in [-0.25, -0.2) is 0 Å². The molecule has 0 spiro atoms. The van der Waals surface area contributed by atoms with Crippen LogP contribution in [0.4, 0.5) is 0 Å². The van der Waals surface area contributed by atoms with E-state index in [1.807, 2.05) is 0 Å². The van der Waals surface area contributed by atoms with Gasteiger partial charge in [-0.2, -0.15) is 0 Å². The number of nitrogens with two attached hydrogens (primary N) is 1. The van der Waals surface area contributed by atoms with Crippen LogP contribution in [0.2, 0.25) is 0 Å². The quantitative estimate of drug-likeness (QED) is 0.677. The van der Waals surface area contributed by atoms with Crippen LogP contribution in [0.25, 0.3) is 0 Å². The van der Waals surface area contributed by atoms with Crippen LogP contribution in [0.5, 0.6) is 0 Å². The van der Waals surface area contributed by atoms with Gasteiger partial charge in [0, 0.05) is 6.04 Å². The van der Waals surface area contributed by atoms with E-state index in [0.29, 0.717) is 5.41 Å². The van der Waals surface area contributed by atoms with Crippen molar-refractivity contribution in [3.05, 3.63) is 0 Å². The Labute approximate surface area is 76.1 Å².